The van der Waals surface area contributed by atoms with Crippen molar-refractivity contribution in [2.75, 3.05) is 18.0 Å². The molecule has 0 spiro atoms. The average Bonchev–Trinajstić information content (AvgIpc) is 2.37. The van der Waals surface area contributed by atoms with Crippen LogP contribution < -0.4 is 4.90 Å². The lowest BCUT2D eigenvalue weighted by Gasteiger charge is -2.28. The van der Waals surface area contributed by atoms with Crippen molar-refractivity contribution in [2.45, 2.75) is 13.3 Å². The van der Waals surface area contributed by atoms with E-state index in [9.17, 15) is 14.9 Å². The van der Waals surface area contributed by atoms with Gasteiger partial charge in [-0.15, -0.1) is 0 Å². The predicted octanol–water partition coefficient (Wildman–Crippen LogP) is 2.45. The fourth-order valence-electron chi connectivity index (χ4n) is 2.18. The lowest BCUT2D eigenvalue weighted by atomic mass is 10.1. The van der Waals surface area contributed by atoms with E-state index in [1.54, 1.807) is 6.07 Å². The van der Waals surface area contributed by atoms with Crippen LogP contribution in [0.2, 0.25) is 0 Å². The first kappa shape index (κ1) is 13.1. The Labute approximate surface area is 110 Å². The molecule has 19 heavy (non-hydrogen) atoms. The van der Waals surface area contributed by atoms with E-state index in [4.69, 9.17) is 5.11 Å². The number of hydrogen-bond donors (Lipinski definition) is 1. The number of aromatic carboxylic acids is 1. The molecular weight excluding hydrogens is 248 g/mol. The zero-order valence-electron chi connectivity index (χ0n) is 10.5. The van der Waals surface area contributed by atoms with E-state index in [-0.39, 0.29) is 11.3 Å². The second-order valence-corrected chi connectivity index (χ2v) is 4.52. The molecule has 0 radical (unpaired) electrons. The van der Waals surface area contributed by atoms with Gasteiger partial charge in [0.15, 0.2) is 0 Å². The number of anilines is 1. The number of nitro benzene ring substituents is 1. The van der Waals surface area contributed by atoms with Gasteiger partial charge in [0.25, 0.3) is 5.69 Å². The van der Waals surface area contributed by atoms with Crippen LogP contribution in [0.4, 0.5) is 11.4 Å². The van der Waals surface area contributed by atoms with E-state index in [1.165, 1.54) is 17.7 Å². The Hall–Kier alpha value is -2.37. The fourth-order valence-corrected chi connectivity index (χ4v) is 2.18. The SMILES string of the molecule is CC1=CCCN(c2ccc([N+](=O)[O-])c(C(=O)O)c2)C1. The van der Waals surface area contributed by atoms with Crippen LogP contribution >= 0.6 is 0 Å². The normalized spacial score (nSPS) is 15.0. The van der Waals surface area contributed by atoms with Crippen LogP contribution in [0.5, 0.6) is 0 Å². The maximum Gasteiger partial charge on any atom is 0.342 e. The van der Waals surface area contributed by atoms with E-state index in [1.807, 2.05) is 11.8 Å². The monoisotopic (exact) mass is 262 g/mol. The lowest BCUT2D eigenvalue weighted by molar-refractivity contribution is -0.385. The Balaban J connectivity index is 2.38. The minimum atomic E-state index is -1.28. The van der Waals surface area contributed by atoms with Gasteiger partial charge in [-0.1, -0.05) is 11.6 Å². The standard InChI is InChI=1S/C13H14N2O4/c1-9-3-2-6-14(8-9)10-4-5-12(15(18)19)11(7-10)13(16)17/h3-5,7H,2,6,8H2,1H3,(H,16,17). The summed E-state index contributed by atoms with van der Waals surface area (Å²) in [6.45, 7) is 3.51. The Kier molecular flexibility index (Phi) is 3.50. The van der Waals surface area contributed by atoms with Crippen molar-refractivity contribution in [1.29, 1.82) is 0 Å². The molecule has 0 unspecified atom stereocenters. The molecule has 0 saturated heterocycles. The number of nitro groups is 1. The molecule has 0 fully saturated rings. The smallest absolute Gasteiger partial charge is 0.342 e. The van der Waals surface area contributed by atoms with E-state index in [2.05, 4.69) is 6.08 Å². The van der Waals surface area contributed by atoms with Crippen molar-refractivity contribution in [3.05, 3.63) is 45.5 Å². The van der Waals surface area contributed by atoms with Gasteiger partial charge in [-0.05, 0) is 25.5 Å². The predicted molar refractivity (Wildman–Crippen MR) is 70.6 cm³/mol. The van der Waals surface area contributed by atoms with E-state index in [0.29, 0.717) is 5.69 Å². The zero-order valence-corrected chi connectivity index (χ0v) is 10.5. The number of carbonyl (C=O) groups is 1. The van der Waals surface area contributed by atoms with Crippen LogP contribution in [-0.2, 0) is 0 Å². The van der Waals surface area contributed by atoms with Gasteiger partial charge in [0, 0.05) is 24.8 Å². The van der Waals surface area contributed by atoms with Crippen LogP contribution in [0, 0.1) is 10.1 Å². The number of carboxylic acid groups (broad SMARTS) is 1. The minimum Gasteiger partial charge on any atom is -0.477 e. The number of carboxylic acids is 1. The molecule has 0 saturated carbocycles. The summed E-state index contributed by atoms with van der Waals surface area (Å²) in [6.07, 6.45) is 3.03. The van der Waals surface area contributed by atoms with Gasteiger partial charge in [-0.2, -0.15) is 0 Å². The summed E-state index contributed by atoms with van der Waals surface area (Å²) in [6, 6.07) is 4.23. The molecule has 1 aliphatic rings. The van der Waals surface area contributed by atoms with Crippen LogP contribution in [-0.4, -0.2) is 29.1 Å². The number of rotatable bonds is 3. The lowest BCUT2D eigenvalue weighted by Crippen LogP contribution is -2.29. The largest absolute Gasteiger partial charge is 0.477 e. The molecule has 0 aliphatic carbocycles. The van der Waals surface area contributed by atoms with Gasteiger partial charge in [0.05, 0.1) is 4.92 Å². The van der Waals surface area contributed by atoms with Gasteiger partial charge < -0.3 is 10.0 Å². The summed E-state index contributed by atoms with van der Waals surface area (Å²) in [5.41, 5.74) is 1.27. The third-order valence-electron chi connectivity index (χ3n) is 3.10. The highest BCUT2D eigenvalue weighted by Crippen LogP contribution is 2.27. The highest BCUT2D eigenvalue weighted by molar-refractivity contribution is 5.93. The van der Waals surface area contributed by atoms with Crippen molar-refractivity contribution in [3.63, 3.8) is 0 Å². The van der Waals surface area contributed by atoms with Crippen molar-refractivity contribution >= 4 is 17.3 Å². The van der Waals surface area contributed by atoms with Crippen molar-refractivity contribution < 1.29 is 14.8 Å². The third-order valence-corrected chi connectivity index (χ3v) is 3.10. The van der Waals surface area contributed by atoms with Gasteiger partial charge >= 0.3 is 5.97 Å². The Morgan fingerprint density at radius 3 is 2.79 bits per heavy atom. The Morgan fingerprint density at radius 1 is 1.47 bits per heavy atom. The molecule has 6 nitrogen and oxygen atoms in total. The summed E-state index contributed by atoms with van der Waals surface area (Å²) < 4.78 is 0. The Morgan fingerprint density at radius 2 is 2.21 bits per heavy atom. The molecule has 1 aromatic rings. The molecule has 1 heterocycles. The molecule has 1 aliphatic heterocycles. The minimum absolute atomic E-state index is 0.269. The Bertz CT molecular complexity index is 566. The van der Waals surface area contributed by atoms with Crippen molar-refractivity contribution in [1.82, 2.24) is 0 Å². The molecule has 0 atom stereocenters. The van der Waals surface area contributed by atoms with E-state index in [0.717, 1.165) is 19.5 Å². The molecule has 1 aromatic carbocycles. The third kappa shape index (κ3) is 2.73. The second-order valence-electron chi connectivity index (χ2n) is 4.52. The second kappa shape index (κ2) is 5.09. The first-order valence-electron chi connectivity index (χ1n) is 5.91. The summed E-state index contributed by atoms with van der Waals surface area (Å²) in [5, 5.41) is 19.8. The summed E-state index contributed by atoms with van der Waals surface area (Å²) in [5.74, 6) is -1.28. The average molecular weight is 262 g/mol. The molecule has 0 aromatic heterocycles. The quantitative estimate of drug-likeness (QED) is 0.514. The van der Waals surface area contributed by atoms with E-state index >= 15 is 0 Å². The zero-order chi connectivity index (χ0) is 14.0. The number of hydrogen-bond acceptors (Lipinski definition) is 4. The summed E-state index contributed by atoms with van der Waals surface area (Å²) >= 11 is 0. The van der Waals surface area contributed by atoms with Crippen LogP contribution in [0.25, 0.3) is 0 Å². The highest BCUT2D eigenvalue weighted by Gasteiger charge is 2.22. The van der Waals surface area contributed by atoms with Gasteiger partial charge in [0.2, 0.25) is 0 Å². The molecule has 1 N–H and O–H groups in total. The number of benzene rings is 1. The van der Waals surface area contributed by atoms with Gasteiger partial charge in [0.1, 0.15) is 5.56 Å². The molecule has 0 bridgehead atoms. The molecule has 0 amide bonds. The van der Waals surface area contributed by atoms with Crippen LogP contribution in [0.15, 0.2) is 29.8 Å². The highest BCUT2D eigenvalue weighted by atomic mass is 16.6. The fraction of sp³-hybridized carbons (Fsp3) is 0.308. The van der Waals surface area contributed by atoms with E-state index < -0.39 is 10.9 Å². The topological polar surface area (TPSA) is 83.7 Å². The summed E-state index contributed by atoms with van der Waals surface area (Å²) in [7, 11) is 0. The maximum absolute atomic E-state index is 11.1. The maximum atomic E-state index is 11.1. The molecule has 100 valence electrons. The number of nitrogens with zero attached hydrogens (tertiary/aromatic N) is 2. The van der Waals surface area contributed by atoms with Crippen molar-refractivity contribution in [3.8, 4) is 0 Å². The van der Waals surface area contributed by atoms with Crippen LogP contribution in [0.1, 0.15) is 23.7 Å². The molecular formula is C13H14N2O4. The van der Waals surface area contributed by atoms with Gasteiger partial charge in [-0.25, -0.2) is 4.79 Å². The molecule has 2 rings (SSSR count). The van der Waals surface area contributed by atoms with Crippen molar-refractivity contribution in [2.24, 2.45) is 0 Å². The molecule has 6 heteroatoms. The first-order valence-corrected chi connectivity index (χ1v) is 5.91. The summed E-state index contributed by atoms with van der Waals surface area (Å²) in [4.78, 5) is 23.2. The first-order chi connectivity index (χ1) is 8.99. The van der Waals surface area contributed by atoms with Gasteiger partial charge in [-0.3, -0.25) is 10.1 Å². The van der Waals surface area contributed by atoms with Crippen LogP contribution in [0.3, 0.4) is 0 Å².